The Morgan fingerprint density at radius 2 is 1.62 bits per heavy atom. The van der Waals surface area contributed by atoms with Gasteiger partial charge in [0.05, 0.1) is 12.7 Å². The molecule has 1 aliphatic rings. The van der Waals surface area contributed by atoms with Gasteiger partial charge in [-0.3, -0.25) is 4.79 Å². The molecular weight excluding hydrogens is 408 g/mol. The third kappa shape index (κ3) is 6.25. The minimum atomic E-state index is -3.13. The third-order valence-corrected chi connectivity index (χ3v) is 6.17. The summed E-state index contributed by atoms with van der Waals surface area (Å²) in [5.41, 5.74) is 2.71. The summed E-state index contributed by atoms with van der Waals surface area (Å²) in [6, 6.07) is 17.1. The van der Waals surface area contributed by atoms with Crippen molar-refractivity contribution in [3.05, 3.63) is 60.2 Å². The highest BCUT2D eigenvalue weighted by atomic mass is 32.2. The smallest absolute Gasteiger partial charge is 0.230 e. The van der Waals surface area contributed by atoms with Crippen LogP contribution in [0.2, 0.25) is 0 Å². The average Bonchev–Trinajstić information content (AvgIpc) is 2.68. The molecule has 9 heteroatoms. The molecule has 1 aliphatic heterocycles. The molecule has 1 heterocycles. The monoisotopic (exact) mass is 432 g/mol. The molecule has 0 atom stereocenters. The van der Waals surface area contributed by atoms with Gasteiger partial charge in [0, 0.05) is 37.6 Å². The summed E-state index contributed by atoms with van der Waals surface area (Å²) in [6.45, 7) is 2.26. The van der Waals surface area contributed by atoms with E-state index in [0.717, 1.165) is 16.9 Å². The Kier molecular flexibility index (Phi) is 6.83. The fourth-order valence-electron chi connectivity index (χ4n) is 3.15. The van der Waals surface area contributed by atoms with Crippen molar-refractivity contribution in [1.82, 2.24) is 9.62 Å². The van der Waals surface area contributed by atoms with Crippen molar-refractivity contribution in [2.45, 2.75) is 6.42 Å². The van der Waals surface area contributed by atoms with Crippen LogP contribution in [0.3, 0.4) is 0 Å². The highest BCUT2D eigenvalue weighted by molar-refractivity contribution is 7.88. The standard InChI is InChI=1S/C20H24N4O3S2/c1-29(26,27)24-13-11-23(12-14-24)18-9-7-17(8-10-18)21-20(28)22-19(25)15-16-5-3-2-4-6-16/h2-10H,11-15H2,1H3,(H2,21,22,25,28). The molecule has 154 valence electrons. The Bertz CT molecular complexity index is 955. The zero-order chi connectivity index (χ0) is 20.9. The highest BCUT2D eigenvalue weighted by Gasteiger charge is 2.23. The largest absolute Gasteiger partial charge is 0.369 e. The molecule has 1 fully saturated rings. The molecule has 1 amide bonds. The predicted octanol–water partition coefficient (Wildman–Crippen LogP) is 1.82. The SMILES string of the molecule is CS(=O)(=O)N1CCN(c2ccc(NC(=S)NC(=O)Cc3ccccc3)cc2)CC1. The second-order valence-electron chi connectivity index (χ2n) is 6.86. The van der Waals surface area contributed by atoms with Gasteiger partial charge >= 0.3 is 0 Å². The molecule has 1 saturated heterocycles. The predicted molar refractivity (Wildman–Crippen MR) is 120 cm³/mol. The van der Waals surface area contributed by atoms with Gasteiger partial charge in [-0.25, -0.2) is 8.42 Å². The number of carbonyl (C=O) groups is 1. The first-order valence-electron chi connectivity index (χ1n) is 9.26. The molecule has 7 nitrogen and oxygen atoms in total. The van der Waals surface area contributed by atoms with Gasteiger partial charge in [-0.15, -0.1) is 0 Å². The summed E-state index contributed by atoms with van der Waals surface area (Å²) >= 11 is 5.22. The Hall–Kier alpha value is -2.49. The fraction of sp³-hybridized carbons (Fsp3) is 0.300. The number of piperazine rings is 1. The van der Waals surface area contributed by atoms with Crippen molar-refractivity contribution in [3.63, 3.8) is 0 Å². The molecule has 3 rings (SSSR count). The number of carbonyl (C=O) groups excluding carboxylic acids is 1. The lowest BCUT2D eigenvalue weighted by molar-refractivity contribution is -0.119. The first-order valence-corrected chi connectivity index (χ1v) is 11.5. The summed E-state index contributed by atoms with van der Waals surface area (Å²) < 4.78 is 24.7. The molecule has 0 saturated carbocycles. The van der Waals surface area contributed by atoms with Crippen LogP contribution in [0.4, 0.5) is 11.4 Å². The zero-order valence-corrected chi connectivity index (χ0v) is 17.8. The van der Waals surface area contributed by atoms with E-state index in [1.54, 1.807) is 0 Å². The minimum absolute atomic E-state index is 0.172. The second-order valence-corrected chi connectivity index (χ2v) is 9.25. The van der Waals surface area contributed by atoms with Crippen LogP contribution in [-0.4, -0.2) is 56.2 Å². The molecule has 2 N–H and O–H groups in total. The van der Waals surface area contributed by atoms with Gasteiger partial charge in [0.15, 0.2) is 5.11 Å². The molecule has 0 bridgehead atoms. The molecule has 2 aromatic carbocycles. The van der Waals surface area contributed by atoms with Gasteiger partial charge in [-0.1, -0.05) is 30.3 Å². The van der Waals surface area contributed by atoms with Crippen LogP contribution in [-0.2, 0) is 21.2 Å². The van der Waals surface area contributed by atoms with Gasteiger partial charge < -0.3 is 15.5 Å². The Morgan fingerprint density at radius 1 is 1.00 bits per heavy atom. The Morgan fingerprint density at radius 3 is 2.21 bits per heavy atom. The number of anilines is 2. The van der Waals surface area contributed by atoms with Crippen LogP contribution >= 0.6 is 12.2 Å². The van der Waals surface area contributed by atoms with Gasteiger partial charge in [0.1, 0.15) is 0 Å². The minimum Gasteiger partial charge on any atom is -0.369 e. The lowest BCUT2D eigenvalue weighted by atomic mass is 10.1. The van der Waals surface area contributed by atoms with E-state index in [9.17, 15) is 13.2 Å². The first kappa shape index (κ1) is 21.2. The summed E-state index contributed by atoms with van der Waals surface area (Å²) in [5, 5.41) is 5.94. The zero-order valence-electron chi connectivity index (χ0n) is 16.2. The molecule has 29 heavy (non-hydrogen) atoms. The van der Waals surface area contributed by atoms with Crippen LogP contribution in [0.1, 0.15) is 5.56 Å². The number of nitrogens with one attached hydrogen (secondary N) is 2. The van der Waals surface area contributed by atoms with Crippen molar-refractivity contribution < 1.29 is 13.2 Å². The lowest BCUT2D eigenvalue weighted by Gasteiger charge is -2.34. The molecule has 0 aromatic heterocycles. The lowest BCUT2D eigenvalue weighted by Crippen LogP contribution is -2.48. The Labute approximate surface area is 176 Å². The molecule has 0 aliphatic carbocycles. The maximum atomic E-state index is 12.1. The van der Waals surface area contributed by atoms with Crippen molar-refractivity contribution in [3.8, 4) is 0 Å². The third-order valence-electron chi connectivity index (χ3n) is 4.66. The van der Waals surface area contributed by atoms with Crippen LogP contribution in [0, 0.1) is 0 Å². The maximum absolute atomic E-state index is 12.1. The fourth-order valence-corrected chi connectivity index (χ4v) is 4.21. The van der Waals surface area contributed by atoms with Crippen LogP contribution in [0.15, 0.2) is 54.6 Å². The van der Waals surface area contributed by atoms with Crippen molar-refractivity contribution in [2.24, 2.45) is 0 Å². The number of rotatable bonds is 5. The summed E-state index contributed by atoms with van der Waals surface area (Å²) in [4.78, 5) is 14.2. The van der Waals surface area contributed by atoms with E-state index >= 15 is 0 Å². The topological polar surface area (TPSA) is 81.8 Å². The van der Waals surface area contributed by atoms with Gasteiger partial charge in [-0.2, -0.15) is 4.31 Å². The van der Waals surface area contributed by atoms with Gasteiger partial charge in [-0.05, 0) is 42.0 Å². The van der Waals surface area contributed by atoms with E-state index in [1.165, 1.54) is 10.6 Å². The van der Waals surface area contributed by atoms with Gasteiger partial charge in [0.25, 0.3) is 0 Å². The quantitative estimate of drug-likeness (QED) is 0.702. The average molecular weight is 433 g/mol. The van der Waals surface area contributed by atoms with Crippen molar-refractivity contribution in [2.75, 3.05) is 42.7 Å². The molecule has 2 aromatic rings. The number of amides is 1. The van der Waals surface area contributed by atoms with E-state index in [0.29, 0.717) is 26.2 Å². The van der Waals surface area contributed by atoms with E-state index in [2.05, 4.69) is 15.5 Å². The molecule has 0 spiro atoms. The first-order chi connectivity index (χ1) is 13.8. The number of sulfonamides is 1. The molecular formula is C20H24N4O3S2. The van der Waals surface area contributed by atoms with E-state index in [1.807, 2.05) is 54.6 Å². The number of hydrogen-bond donors (Lipinski definition) is 2. The number of nitrogens with zero attached hydrogens (tertiary/aromatic N) is 2. The van der Waals surface area contributed by atoms with E-state index in [-0.39, 0.29) is 17.4 Å². The second kappa shape index (κ2) is 9.34. The van der Waals surface area contributed by atoms with Crippen molar-refractivity contribution >= 4 is 44.6 Å². The van der Waals surface area contributed by atoms with Crippen LogP contribution < -0.4 is 15.5 Å². The number of thiocarbonyl (C=S) groups is 1. The maximum Gasteiger partial charge on any atom is 0.230 e. The number of hydrogen-bond acceptors (Lipinski definition) is 5. The highest BCUT2D eigenvalue weighted by Crippen LogP contribution is 2.20. The van der Waals surface area contributed by atoms with Crippen LogP contribution in [0.5, 0.6) is 0 Å². The normalized spacial score (nSPS) is 15.0. The summed E-state index contributed by atoms with van der Waals surface area (Å²) in [6.07, 6.45) is 1.51. The van der Waals surface area contributed by atoms with Crippen molar-refractivity contribution in [1.29, 1.82) is 0 Å². The Balaban J connectivity index is 1.49. The molecule has 0 unspecified atom stereocenters. The van der Waals surface area contributed by atoms with E-state index in [4.69, 9.17) is 12.2 Å². The summed E-state index contributed by atoms with van der Waals surface area (Å²) in [7, 11) is -3.13. The molecule has 0 radical (unpaired) electrons. The van der Waals surface area contributed by atoms with Gasteiger partial charge in [0.2, 0.25) is 15.9 Å². The summed E-state index contributed by atoms with van der Waals surface area (Å²) in [5.74, 6) is -0.172. The number of benzene rings is 2. The van der Waals surface area contributed by atoms with Crippen LogP contribution in [0.25, 0.3) is 0 Å². The van der Waals surface area contributed by atoms with E-state index < -0.39 is 10.0 Å².